The van der Waals surface area contributed by atoms with Crippen LogP contribution in [0.15, 0.2) is 97.1 Å². The van der Waals surface area contributed by atoms with Crippen LogP contribution in [0.3, 0.4) is 0 Å². The Labute approximate surface area is 261 Å². The number of carbonyl (C=O) groups excluding carboxylic acids is 3. The number of hydrazine groups is 1. The molecule has 8 nitrogen and oxygen atoms in total. The van der Waals surface area contributed by atoms with Crippen molar-refractivity contribution in [2.45, 2.75) is 43.8 Å². The van der Waals surface area contributed by atoms with Crippen LogP contribution < -0.4 is 5.73 Å². The number of amides is 3. The second kappa shape index (κ2) is 14.0. The van der Waals surface area contributed by atoms with Gasteiger partial charge in [0.2, 0.25) is 11.8 Å². The third-order valence-corrected chi connectivity index (χ3v) is 8.70. The van der Waals surface area contributed by atoms with E-state index in [0.717, 1.165) is 28.7 Å². The van der Waals surface area contributed by atoms with Gasteiger partial charge in [-0.3, -0.25) is 19.4 Å². The summed E-state index contributed by atoms with van der Waals surface area (Å²) in [6, 6.07) is 26.2. The molecule has 8 heteroatoms. The van der Waals surface area contributed by atoms with Crippen molar-refractivity contribution < 1.29 is 14.4 Å². The monoisotopic (exact) mass is 595 g/mol. The normalized spacial score (nSPS) is 19.0. The minimum absolute atomic E-state index is 0.136. The Morgan fingerprint density at radius 3 is 1.75 bits per heavy atom. The van der Waals surface area contributed by atoms with E-state index < -0.39 is 12.1 Å². The van der Waals surface area contributed by atoms with Gasteiger partial charge in [0, 0.05) is 53.6 Å². The number of likely N-dealkylation sites (N-methyl/N-ethyl adjacent to an activating group) is 3. The van der Waals surface area contributed by atoms with Gasteiger partial charge in [0.15, 0.2) is 0 Å². The summed E-state index contributed by atoms with van der Waals surface area (Å²) in [5.74, 6) is -0.670. The highest BCUT2D eigenvalue weighted by molar-refractivity contribution is 5.95. The smallest absolute Gasteiger partial charge is 0.259 e. The van der Waals surface area contributed by atoms with Gasteiger partial charge in [-0.2, -0.15) is 0 Å². The number of benzene rings is 3. The first-order chi connectivity index (χ1) is 20.9. The Morgan fingerprint density at radius 2 is 1.23 bits per heavy atom. The maximum atomic E-state index is 14.4. The van der Waals surface area contributed by atoms with E-state index in [0.29, 0.717) is 12.8 Å². The molecule has 1 saturated carbocycles. The molecule has 0 bridgehead atoms. The molecule has 3 amide bonds. The lowest BCUT2D eigenvalue weighted by atomic mass is 9.98. The molecule has 4 rings (SSSR count). The first-order valence-electron chi connectivity index (χ1n) is 15.0. The fraction of sp³-hybridized carbons (Fsp3) is 0.361. The minimum Gasteiger partial charge on any atom is -0.332 e. The van der Waals surface area contributed by atoms with Gasteiger partial charge < -0.3 is 15.5 Å². The molecule has 0 spiro atoms. The van der Waals surface area contributed by atoms with Crippen LogP contribution in [0.4, 0.5) is 0 Å². The zero-order chi connectivity index (χ0) is 32.0. The van der Waals surface area contributed by atoms with Crippen molar-refractivity contribution in [3.8, 4) is 11.1 Å². The molecule has 3 aromatic carbocycles. The standard InChI is InChI=1S/C36H45N5O3/c1-36(37)25-30(36)21-22-33(42)39(4)31(24-27-17-19-29(20-18-27)28-15-11-8-12-16-28)34(43)40(5)32(35(44)41(6)38(2)3)23-26-13-9-7-10-14-26/h7-22,30-32H,23-25,37H2,1-6H3/b22-21+/t30?,31-,32-,36?/m1/s1. The Morgan fingerprint density at radius 1 is 0.750 bits per heavy atom. The van der Waals surface area contributed by atoms with Crippen molar-refractivity contribution in [3.05, 3.63) is 108 Å². The van der Waals surface area contributed by atoms with E-state index in [-0.39, 0.29) is 29.2 Å². The van der Waals surface area contributed by atoms with Crippen LogP contribution in [0.25, 0.3) is 11.1 Å². The molecule has 1 aliphatic carbocycles. The van der Waals surface area contributed by atoms with Gasteiger partial charge in [-0.15, -0.1) is 0 Å². The van der Waals surface area contributed by atoms with E-state index in [1.165, 1.54) is 20.9 Å². The van der Waals surface area contributed by atoms with Crippen LogP contribution in [0.1, 0.15) is 24.5 Å². The highest BCUT2D eigenvalue weighted by Gasteiger charge is 2.44. The van der Waals surface area contributed by atoms with Crippen molar-refractivity contribution in [2.75, 3.05) is 35.2 Å². The lowest BCUT2D eigenvalue weighted by molar-refractivity contribution is -0.154. The summed E-state index contributed by atoms with van der Waals surface area (Å²) in [6.07, 6.45) is 4.82. The molecule has 3 aromatic rings. The maximum Gasteiger partial charge on any atom is 0.259 e. The van der Waals surface area contributed by atoms with Gasteiger partial charge in [0.05, 0.1) is 0 Å². The highest BCUT2D eigenvalue weighted by atomic mass is 16.2. The molecule has 2 unspecified atom stereocenters. The zero-order valence-electron chi connectivity index (χ0n) is 26.7. The number of hydrogen-bond donors (Lipinski definition) is 1. The van der Waals surface area contributed by atoms with Gasteiger partial charge >= 0.3 is 0 Å². The SMILES string of the molecule is CN(C(=O)/C=C/C1CC1(C)N)[C@H](Cc1ccc(-c2ccccc2)cc1)C(=O)N(C)[C@H](Cc1ccccc1)C(=O)N(C)N(C)C. The zero-order valence-corrected chi connectivity index (χ0v) is 26.7. The summed E-state index contributed by atoms with van der Waals surface area (Å²) in [4.78, 5) is 44.5. The molecule has 0 heterocycles. The number of hydrogen-bond acceptors (Lipinski definition) is 5. The van der Waals surface area contributed by atoms with E-state index in [1.807, 2.05) is 85.8 Å². The summed E-state index contributed by atoms with van der Waals surface area (Å²) >= 11 is 0. The topological polar surface area (TPSA) is 90.2 Å². The van der Waals surface area contributed by atoms with Crippen molar-refractivity contribution in [1.29, 1.82) is 0 Å². The minimum atomic E-state index is -0.834. The fourth-order valence-electron chi connectivity index (χ4n) is 5.28. The largest absolute Gasteiger partial charge is 0.332 e. The van der Waals surface area contributed by atoms with Crippen LogP contribution in [0.2, 0.25) is 0 Å². The average Bonchev–Trinajstić information content (AvgIpc) is 3.66. The summed E-state index contributed by atoms with van der Waals surface area (Å²) in [7, 11) is 8.56. The van der Waals surface area contributed by atoms with Crippen LogP contribution in [-0.4, -0.2) is 90.4 Å². The first kappa shape index (κ1) is 32.6. The third-order valence-electron chi connectivity index (χ3n) is 8.70. The fourth-order valence-corrected chi connectivity index (χ4v) is 5.28. The van der Waals surface area contributed by atoms with E-state index >= 15 is 0 Å². The third kappa shape index (κ3) is 8.01. The van der Waals surface area contributed by atoms with Crippen molar-refractivity contribution in [1.82, 2.24) is 19.8 Å². The predicted octanol–water partition coefficient (Wildman–Crippen LogP) is 4.02. The van der Waals surface area contributed by atoms with Gasteiger partial charge in [-0.05, 0) is 47.6 Å². The number of rotatable bonds is 12. The molecule has 0 saturated heterocycles. The summed E-state index contributed by atoms with van der Waals surface area (Å²) < 4.78 is 0. The Kier molecular flexibility index (Phi) is 10.4. The van der Waals surface area contributed by atoms with E-state index in [2.05, 4.69) is 12.1 Å². The number of nitrogens with two attached hydrogens (primary N) is 1. The first-order valence-corrected chi connectivity index (χ1v) is 15.0. The van der Waals surface area contributed by atoms with Gasteiger partial charge in [-0.25, -0.2) is 5.01 Å². The number of nitrogens with zero attached hydrogens (tertiary/aromatic N) is 4. The van der Waals surface area contributed by atoms with Crippen LogP contribution >= 0.6 is 0 Å². The van der Waals surface area contributed by atoms with Crippen molar-refractivity contribution in [3.63, 3.8) is 0 Å². The molecular formula is C36H45N5O3. The second-order valence-corrected chi connectivity index (χ2v) is 12.3. The Hall–Kier alpha value is -4.27. The van der Waals surface area contributed by atoms with E-state index in [1.54, 1.807) is 40.2 Å². The quantitative estimate of drug-likeness (QED) is 0.252. The lowest BCUT2D eigenvalue weighted by Gasteiger charge is -2.37. The van der Waals surface area contributed by atoms with E-state index in [9.17, 15) is 14.4 Å². The molecule has 232 valence electrons. The average molecular weight is 596 g/mol. The Bertz CT molecular complexity index is 1450. The lowest BCUT2D eigenvalue weighted by Crippen LogP contribution is -2.57. The van der Waals surface area contributed by atoms with E-state index in [4.69, 9.17) is 5.73 Å². The molecule has 2 N–H and O–H groups in total. The molecule has 0 aromatic heterocycles. The van der Waals surface area contributed by atoms with Gasteiger partial charge in [-0.1, -0.05) is 91.0 Å². The number of carbonyl (C=O) groups is 3. The van der Waals surface area contributed by atoms with Crippen molar-refractivity contribution in [2.24, 2.45) is 11.7 Å². The predicted molar refractivity (Wildman–Crippen MR) is 175 cm³/mol. The van der Waals surface area contributed by atoms with Crippen LogP contribution in [-0.2, 0) is 27.2 Å². The molecule has 44 heavy (non-hydrogen) atoms. The van der Waals surface area contributed by atoms with Crippen LogP contribution in [0.5, 0.6) is 0 Å². The van der Waals surface area contributed by atoms with Gasteiger partial charge in [0.25, 0.3) is 5.91 Å². The summed E-state index contributed by atoms with van der Waals surface area (Å²) in [5.41, 5.74) is 9.89. The molecule has 4 atom stereocenters. The highest BCUT2D eigenvalue weighted by Crippen LogP contribution is 2.41. The van der Waals surface area contributed by atoms with Crippen LogP contribution in [0, 0.1) is 5.92 Å². The molecular weight excluding hydrogens is 550 g/mol. The molecule has 1 fully saturated rings. The Balaban J connectivity index is 1.63. The molecule has 1 aliphatic rings. The van der Waals surface area contributed by atoms with Crippen molar-refractivity contribution >= 4 is 17.7 Å². The molecule has 0 radical (unpaired) electrons. The molecule has 0 aliphatic heterocycles. The van der Waals surface area contributed by atoms with Gasteiger partial charge in [0.1, 0.15) is 12.1 Å². The maximum absolute atomic E-state index is 14.4. The summed E-state index contributed by atoms with van der Waals surface area (Å²) in [5, 5.41) is 3.19. The second-order valence-electron chi connectivity index (χ2n) is 12.3. The summed E-state index contributed by atoms with van der Waals surface area (Å²) in [6.45, 7) is 1.96.